The van der Waals surface area contributed by atoms with Crippen LogP contribution in [-0.2, 0) is 6.42 Å². The van der Waals surface area contributed by atoms with Crippen LogP contribution in [0.1, 0.15) is 54.3 Å². The third kappa shape index (κ3) is 3.60. The van der Waals surface area contributed by atoms with Crippen LogP contribution in [0.4, 0.5) is 0 Å². The summed E-state index contributed by atoms with van der Waals surface area (Å²) < 4.78 is 0. The van der Waals surface area contributed by atoms with Gasteiger partial charge in [-0.1, -0.05) is 42.1 Å². The Bertz CT molecular complexity index is 412. The Morgan fingerprint density at radius 3 is 2.79 bits per heavy atom. The molecule has 0 N–H and O–H groups in total. The van der Waals surface area contributed by atoms with Gasteiger partial charge in [-0.25, -0.2) is 0 Å². The van der Waals surface area contributed by atoms with Gasteiger partial charge in [0, 0.05) is 17.9 Å². The summed E-state index contributed by atoms with van der Waals surface area (Å²) in [6.45, 7) is 2.94. The molecular weight excluding hydrogens is 322 g/mol. The predicted molar refractivity (Wildman–Crippen MR) is 85.4 cm³/mol. The number of aryl methyl sites for hydroxylation is 1. The first-order valence-corrected chi connectivity index (χ1v) is 9.21. The van der Waals surface area contributed by atoms with E-state index in [0.717, 1.165) is 23.2 Å². The van der Waals surface area contributed by atoms with E-state index in [9.17, 15) is 4.79 Å². The number of hydrogen-bond donors (Lipinski definition) is 0. The summed E-state index contributed by atoms with van der Waals surface area (Å²) in [6.07, 6.45) is 7.14. The van der Waals surface area contributed by atoms with Gasteiger partial charge < -0.3 is 4.90 Å². The minimum atomic E-state index is 0.248. The Morgan fingerprint density at radius 2 is 2.16 bits per heavy atom. The van der Waals surface area contributed by atoms with Gasteiger partial charge in [0.25, 0.3) is 5.91 Å². The van der Waals surface area contributed by atoms with Gasteiger partial charge in [0.2, 0.25) is 0 Å². The second-order valence-corrected chi connectivity index (χ2v) is 6.82. The third-order valence-corrected chi connectivity index (χ3v) is 5.22. The summed E-state index contributed by atoms with van der Waals surface area (Å²) in [4.78, 5) is 15.9. The molecule has 0 spiro atoms. The Labute approximate surface area is 128 Å². The second kappa shape index (κ2) is 7.44. The highest BCUT2D eigenvalue weighted by Crippen LogP contribution is 2.26. The Hall–Kier alpha value is -0.350. The number of carbonyl (C=O) groups excluding carboxylic acids is 1. The number of nitrogens with zero attached hydrogens (tertiary/aromatic N) is 1. The highest BCUT2D eigenvalue weighted by Gasteiger charge is 2.27. The van der Waals surface area contributed by atoms with Crippen molar-refractivity contribution in [1.29, 1.82) is 0 Å². The molecule has 2 rings (SSSR count). The van der Waals surface area contributed by atoms with Gasteiger partial charge in [-0.05, 0) is 36.3 Å². The zero-order valence-corrected chi connectivity index (χ0v) is 13.9. The molecule has 1 aliphatic carbocycles. The zero-order chi connectivity index (χ0) is 13.7. The molecule has 0 unspecified atom stereocenters. The lowest BCUT2D eigenvalue weighted by molar-refractivity contribution is 0.0655. The molecule has 106 valence electrons. The van der Waals surface area contributed by atoms with Crippen LogP contribution in [0.3, 0.4) is 0 Å². The van der Waals surface area contributed by atoms with E-state index in [4.69, 9.17) is 0 Å². The van der Waals surface area contributed by atoms with Crippen molar-refractivity contribution < 1.29 is 4.79 Å². The Kier molecular flexibility index (Phi) is 5.89. The van der Waals surface area contributed by atoms with Gasteiger partial charge >= 0.3 is 0 Å². The van der Waals surface area contributed by atoms with Crippen molar-refractivity contribution in [3.63, 3.8) is 0 Å². The van der Waals surface area contributed by atoms with Crippen LogP contribution < -0.4 is 0 Å². The monoisotopic (exact) mass is 343 g/mol. The number of hydrogen-bond acceptors (Lipinski definition) is 2. The quantitative estimate of drug-likeness (QED) is 0.721. The fraction of sp³-hybridized carbons (Fsp3) is 0.667. The van der Waals surface area contributed by atoms with E-state index in [2.05, 4.69) is 33.8 Å². The molecule has 0 atom stereocenters. The fourth-order valence-electron chi connectivity index (χ4n) is 2.87. The summed E-state index contributed by atoms with van der Waals surface area (Å²) in [6, 6.07) is 2.54. The lowest BCUT2D eigenvalue weighted by Gasteiger charge is -2.34. The third-order valence-electron chi connectivity index (χ3n) is 3.92. The number of carbonyl (C=O) groups is 1. The first kappa shape index (κ1) is 15.0. The average molecular weight is 344 g/mol. The number of halogens is 1. The number of amides is 1. The van der Waals surface area contributed by atoms with Gasteiger partial charge in [-0.2, -0.15) is 0 Å². The number of alkyl halides is 1. The average Bonchev–Trinajstić information content (AvgIpc) is 2.93. The van der Waals surface area contributed by atoms with E-state index < -0.39 is 0 Å². The molecule has 0 aliphatic heterocycles. The highest BCUT2D eigenvalue weighted by atomic mass is 79.9. The SMILES string of the molecule is CCc1ccsc1C(=O)N(CCBr)C1CCCCC1. The van der Waals surface area contributed by atoms with Crippen molar-refractivity contribution in [2.75, 3.05) is 11.9 Å². The van der Waals surface area contributed by atoms with Crippen LogP contribution >= 0.6 is 27.3 Å². The molecule has 0 aromatic carbocycles. The minimum absolute atomic E-state index is 0.248. The molecule has 1 amide bonds. The maximum absolute atomic E-state index is 12.8. The molecule has 1 saturated carbocycles. The van der Waals surface area contributed by atoms with Crippen molar-refractivity contribution in [2.24, 2.45) is 0 Å². The molecule has 4 heteroatoms. The molecule has 1 aromatic rings. The Balaban J connectivity index is 2.15. The molecule has 1 fully saturated rings. The van der Waals surface area contributed by atoms with Crippen LogP contribution in [-0.4, -0.2) is 28.7 Å². The van der Waals surface area contributed by atoms with Gasteiger partial charge in [0.1, 0.15) is 0 Å². The topological polar surface area (TPSA) is 20.3 Å². The van der Waals surface area contributed by atoms with E-state index in [1.54, 1.807) is 11.3 Å². The summed E-state index contributed by atoms with van der Waals surface area (Å²) >= 11 is 5.09. The smallest absolute Gasteiger partial charge is 0.264 e. The molecule has 1 heterocycles. The molecule has 2 nitrogen and oxygen atoms in total. The van der Waals surface area contributed by atoms with Crippen molar-refractivity contribution >= 4 is 33.2 Å². The summed E-state index contributed by atoms with van der Waals surface area (Å²) in [7, 11) is 0. The summed E-state index contributed by atoms with van der Waals surface area (Å²) in [5.74, 6) is 0.248. The first-order valence-electron chi connectivity index (χ1n) is 7.21. The normalized spacial score (nSPS) is 16.5. The number of rotatable bonds is 5. The van der Waals surface area contributed by atoms with E-state index in [1.807, 2.05) is 5.38 Å². The molecule has 0 radical (unpaired) electrons. The predicted octanol–water partition coefficient (Wildman–Crippen LogP) is 4.48. The molecule has 0 saturated heterocycles. The fourth-order valence-corrected chi connectivity index (χ4v) is 4.20. The summed E-state index contributed by atoms with van der Waals surface area (Å²) in [5.41, 5.74) is 1.20. The Morgan fingerprint density at radius 1 is 1.42 bits per heavy atom. The molecule has 0 bridgehead atoms. The van der Waals surface area contributed by atoms with E-state index in [0.29, 0.717) is 6.04 Å². The van der Waals surface area contributed by atoms with Gasteiger partial charge in [-0.3, -0.25) is 4.79 Å². The van der Waals surface area contributed by atoms with Crippen LogP contribution in [0.15, 0.2) is 11.4 Å². The second-order valence-electron chi connectivity index (χ2n) is 5.11. The maximum atomic E-state index is 12.8. The lowest BCUT2D eigenvalue weighted by Crippen LogP contribution is -2.42. The molecule has 19 heavy (non-hydrogen) atoms. The molecular formula is C15H22BrNOS. The van der Waals surface area contributed by atoms with Crippen LogP contribution in [0, 0.1) is 0 Å². The zero-order valence-electron chi connectivity index (χ0n) is 11.5. The van der Waals surface area contributed by atoms with E-state index in [-0.39, 0.29) is 5.91 Å². The standard InChI is InChI=1S/C15H22BrNOS/c1-2-12-8-11-19-14(12)15(18)17(10-9-16)13-6-4-3-5-7-13/h8,11,13H,2-7,9-10H2,1H3. The van der Waals surface area contributed by atoms with Gasteiger partial charge in [0.15, 0.2) is 0 Å². The minimum Gasteiger partial charge on any atom is -0.334 e. The van der Waals surface area contributed by atoms with Crippen molar-refractivity contribution in [3.8, 4) is 0 Å². The van der Waals surface area contributed by atoms with Crippen molar-refractivity contribution in [2.45, 2.75) is 51.5 Å². The lowest BCUT2D eigenvalue weighted by atomic mass is 9.94. The van der Waals surface area contributed by atoms with Gasteiger partial charge in [-0.15, -0.1) is 11.3 Å². The van der Waals surface area contributed by atoms with Crippen LogP contribution in [0.25, 0.3) is 0 Å². The van der Waals surface area contributed by atoms with Gasteiger partial charge in [0.05, 0.1) is 4.88 Å². The summed E-state index contributed by atoms with van der Waals surface area (Å²) in [5, 5.41) is 2.90. The largest absolute Gasteiger partial charge is 0.334 e. The van der Waals surface area contributed by atoms with E-state index in [1.165, 1.54) is 37.7 Å². The van der Waals surface area contributed by atoms with Crippen LogP contribution in [0.2, 0.25) is 0 Å². The van der Waals surface area contributed by atoms with E-state index >= 15 is 0 Å². The first-order chi connectivity index (χ1) is 9.27. The van der Waals surface area contributed by atoms with Crippen LogP contribution in [0.5, 0.6) is 0 Å². The highest BCUT2D eigenvalue weighted by molar-refractivity contribution is 9.09. The van der Waals surface area contributed by atoms with Crippen molar-refractivity contribution in [1.82, 2.24) is 4.90 Å². The number of thiophene rings is 1. The maximum Gasteiger partial charge on any atom is 0.264 e. The molecule has 1 aliphatic rings. The molecule has 1 aromatic heterocycles. The van der Waals surface area contributed by atoms with Crippen molar-refractivity contribution in [3.05, 3.63) is 21.9 Å².